The van der Waals surface area contributed by atoms with E-state index in [0.717, 1.165) is 6.54 Å². The summed E-state index contributed by atoms with van der Waals surface area (Å²) < 4.78 is 1.37. The van der Waals surface area contributed by atoms with Crippen LogP contribution in [-0.2, 0) is 6.54 Å². The lowest BCUT2D eigenvalue weighted by Crippen LogP contribution is -3.00. The van der Waals surface area contributed by atoms with Gasteiger partial charge in [-0.3, -0.25) is 0 Å². The molecule has 0 aromatic heterocycles. The number of halogens is 2. The van der Waals surface area contributed by atoms with Crippen LogP contribution in [0.4, 0.5) is 0 Å². The molecule has 1 aromatic carbocycles. The number of aliphatic hydroxyl groups excluding tert-OH is 4. The van der Waals surface area contributed by atoms with E-state index in [0.29, 0.717) is 35.1 Å². The first-order chi connectivity index (χ1) is 11.3. The minimum absolute atomic E-state index is 0. The van der Waals surface area contributed by atoms with Gasteiger partial charge in [0, 0.05) is 5.56 Å². The van der Waals surface area contributed by atoms with Crippen molar-refractivity contribution in [3.63, 3.8) is 0 Å². The van der Waals surface area contributed by atoms with E-state index in [1.807, 2.05) is 32.3 Å². The number of rotatable bonds is 10. The first-order valence-electron chi connectivity index (χ1n) is 8.45. The van der Waals surface area contributed by atoms with Crippen molar-refractivity contribution in [3.8, 4) is 0 Å². The molecule has 0 atom stereocenters. The first kappa shape index (κ1) is 30.7. The van der Waals surface area contributed by atoms with Crippen LogP contribution in [0.1, 0.15) is 5.56 Å². The fraction of sp³-hybridized carbons (Fsp3) is 0.667. The average molecular weight is 507 g/mol. The molecular formula is C18H36ClIN2O4. The number of nitrogens with zero attached hydrogens (tertiary/aromatic N) is 2. The zero-order chi connectivity index (χ0) is 18.5. The largest absolute Gasteiger partial charge is 1.00 e. The van der Waals surface area contributed by atoms with Crippen LogP contribution in [-0.4, -0.2) is 103 Å². The lowest BCUT2D eigenvalue weighted by molar-refractivity contribution is -0.923. The van der Waals surface area contributed by atoms with Crippen molar-refractivity contribution >= 4 is 0 Å². The van der Waals surface area contributed by atoms with Gasteiger partial charge in [-0.05, 0) is 0 Å². The molecule has 0 unspecified atom stereocenters. The SMILES string of the molecule is C[N+](C)(CCO)CCO.C[N+](CCO)(CCO)Cc1ccccc1.[Cl-].[I-]. The Morgan fingerprint density at radius 2 is 1.08 bits per heavy atom. The molecule has 0 saturated carbocycles. The van der Waals surface area contributed by atoms with Crippen LogP contribution < -0.4 is 36.4 Å². The van der Waals surface area contributed by atoms with Crippen molar-refractivity contribution in [2.75, 3.05) is 73.7 Å². The Balaban J connectivity index is -0.000000422. The van der Waals surface area contributed by atoms with Crippen molar-refractivity contribution in [2.45, 2.75) is 6.54 Å². The van der Waals surface area contributed by atoms with Gasteiger partial charge < -0.3 is 65.8 Å². The highest BCUT2D eigenvalue weighted by atomic mass is 127. The molecule has 26 heavy (non-hydrogen) atoms. The number of quaternary nitrogens is 2. The second-order valence-corrected chi connectivity index (χ2v) is 6.99. The summed E-state index contributed by atoms with van der Waals surface area (Å²) in [6, 6.07) is 10.2. The molecular weight excluding hydrogens is 471 g/mol. The third-order valence-electron chi connectivity index (χ3n) is 4.10. The third kappa shape index (κ3) is 15.1. The molecule has 0 heterocycles. The monoisotopic (exact) mass is 506 g/mol. The molecule has 156 valence electrons. The zero-order valence-corrected chi connectivity index (χ0v) is 19.1. The molecule has 0 saturated heterocycles. The van der Waals surface area contributed by atoms with Crippen molar-refractivity contribution in [2.24, 2.45) is 0 Å². The van der Waals surface area contributed by atoms with Gasteiger partial charge in [0.2, 0.25) is 0 Å². The Labute approximate surface area is 181 Å². The van der Waals surface area contributed by atoms with Gasteiger partial charge in [-0.1, -0.05) is 30.3 Å². The normalized spacial score (nSPS) is 10.9. The van der Waals surface area contributed by atoms with Crippen LogP contribution in [0.15, 0.2) is 30.3 Å². The summed E-state index contributed by atoms with van der Waals surface area (Å²) >= 11 is 0. The molecule has 1 rings (SSSR count). The van der Waals surface area contributed by atoms with Gasteiger partial charge in [-0.25, -0.2) is 0 Å². The maximum Gasteiger partial charge on any atom is 0.104 e. The molecule has 0 aliphatic carbocycles. The molecule has 0 spiro atoms. The Hall–Kier alpha value is 0. The number of benzene rings is 1. The minimum atomic E-state index is 0. The summed E-state index contributed by atoms with van der Waals surface area (Å²) in [7, 11) is 6.01. The summed E-state index contributed by atoms with van der Waals surface area (Å²) in [5.41, 5.74) is 1.24. The maximum absolute atomic E-state index is 9.01. The smallest absolute Gasteiger partial charge is 0.104 e. The molecule has 0 radical (unpaired) electrons. The minimum Gasteiger partial charge on any atom is -1.00 e. The Bertz CT molecular complexity index is 411. The van der Waals surface area contributed by atoms with E-state index in [9.17, 15) is 0 Å². The van der Waals surface area contributed by atoms with Crippen LogP contribution in [0.25, 0.3) is 0 Å². The summed E-state index contributed by atoms with van der Waals surface area (Å²) in [6.07, 6.45) is 0. The van der Waals surface area contributed by atoms with Gasteiger partial charge in [-0.2, -0.15) is 0 Å². The molecule has 0 bridgehead atoms. The van der Waals surface area contributed by atoms with Crippen molar-refractivity contribution < 1.29 is 65.8 Å². The molecule has 0 fully saturated rings. The summed E-state index contributed by atoms with van der Waals surface area (Å²) in [4.78, 5) is 0. The summed E-state index contributed by atoms with van der Waals surface area (Å²) in [5.74, 6) is 0. The quantitative estimate of drug-likeness (QED) is 0.188. The second kappa shape index (κ2) is 17.1. The first-order valence-corrected chi connectivity index (χ1v) is 8.45. The van der Waals surface area contributed by atoms with Crippen molar-refractivity contribution in [3.05, 3.63) is 35.9 Å². The van der Waals surface area contributed by atoms with Crippen LogP contribution in [0.3, 0.4) is 0 Å². The molecule has 0 aliphatic rings. The highest BCUT2D eigenvalue weighted by Gasteiger charge is 2.20. The Morgan fingerprint density at radius 1 is 0.692 bits per heavy atom. The van der Waals surface area contributed by atoms with E-state index in [1.165, 1.54) is 5.56 Å². The number of hydrogen-bond donors (Lipinski definition) is 4. The summed E-state index contributed by atoms with van der Waals surface area (Å²) in [5, 5.41) is 35.1. The van der Waals surface area contributed by atoms with Crippen molar-refractivity contribution in [1.82, 2.24) is 0 Å². The third-order valence-corrected chi connectivity index (χ3v) is 4.10. The second-order valence-electron chi connectivity index (χ2n) is 6.99. The van der Waals surface area contributed by atoms with Crippen LogP contribution >= 0.6 is 0 Å². The van der Waals surface area contributed by atoms with E-state index >= 15 is 0 Å². The lowest BCUT2D eigenvalue weighted by atomic mass is 10.2. The number of likely N-dealkylation sites (N-methyl/N-ethyl adjacent to an activating group) is 2. The fourth-order valence-corrected chi connectivity index (χ4v) is 2.43. The van der Waals surface area contributed by atoms with E-state index in [-0.39, 0.29) is 62.8 Å². The highest BCUT2D eigenvalue weighted by Crippen LogP contribution is 2.10. The van der Waals surface area contributed by atoms with Gasteiger partial charge in [-0.15, -0.1) is 0 Å². The predicted molar refractivity (Wildman–Crippen MR) is 96.3 cm³/mol. The fourth-order valence-electron chi connectivity index (χ4n) is 2.43. The average Bonchev–Trinajstić information content (AvgIpc) is 2.49. The number of hydrogen-bond acceptors (Lipinski definition) is 4. The Kier molecular flexibility index (Phi) is 20.2. The highest BCUT2D eigenvalue weighted by molar-refractivity contribution is 5.13. The van der Waals surface area contributed by atoms with Gasteiger partial charge in [0.25, 0.3) is 0 Å². The van der Waals surface area contributed by atoms with Crippen molar-refractivity contribution in [1.29, 1.82) is 0 Å². The molecule has 8 heteroatoms. The standard InChI is InChI=1S/C12H20NO2.C6H16NO2.ClH.HI/c1-13(7-9-14,8-10-15)11-12-5-3-2-4-6-12;1-7(2,3-5-8)4-6-9;;/h2-6,14-15H,7-11H2,1H3;8-9H,3-6H2,1-2H3;2*1H/q2*+1;;/p-2. The van der Waals surface area contributed by atoms with Crippen LogP contribution in [0.2, 0.25) is 0 Å². The molecule has 6 nitrogen and oxygen atoms in total. The van der Waals surface area contributed by atoms with E-state index in [2.05, 4.69) is 19.2 Å². The molecule has 0 aliphatic heterocycles. The van der Waals surface area contributed by atoms with E-state index in [1.54, 1.807) is 0 Å². The molecule has 0 amide bonds. The lowest BCUT2D eigenvalue weighted by Gasteiger charge is -2.33. The summed E-state index contributed by atoms with van der Waals surface area (Å²) in [6.45, 7) is 4.31. The van der Waals surface area contributed by atoms with Gasteiger partial charge in [0.15, 0.2) is 0 Å². The van der Waals surface area contributed by atoms with Crippen LogP contribution in [0.5, 0.6) is 0 Å². The van der Waals surface area contributed by atoms with Gasteiger partial charge in [0.05, 0.1) is 47.6 Å². The van der Waals surface area contributed by atoms with Gasteiger partial charge in [0.1, 0.15) is 32.7 Å². The number of aliphatic hydroxyl groups is 4. The van der Waals surface area contributed by atoms with E-state index in [4.69, 9.17) is 20.4 Å². The maximum atomic E-state index is 9.01. The van der Waals surface area contributed by atoms with E-state index < -0.39 is 0 Å². The molecule has 1 aromatic rings. The zero-order valence-electron chi connectivity index (χ0n) is 16.2. The predicted octanol–water partition coefficient (Wildman–Crippen LogP) is -6.33. The molecule has 4 N–H and O–H groups in total. The topological polar surface area (TPSA) is 80.9 Å². The van der Waals surface area contributed by atoms with Crippen LogP contribution in [0, 0.1) is 0 Å². The van der Waals surface area contributed by atoms with Gasteiger partial charge >= 0.3 is 0 Å². The Morgan fingerprint density at radius 3 is 1.42 bits per heavy atom.